The molecule has 0 fully saturated rings. The molecule has 19 heavy (non-hydrogen) atoms. The number of carbonyl (C=O) groups excluding carboxylic acids is 2. The molecule has 0 aromatic heterocycles. The fraction of sp³-hybridized carbons (Fsp3) is 0.429. The second kappa shape index (κ2) is 8.26. The number of nitrogens with zero attached hydrogens (tertiary/aromatic N) is 1. The number of amides is 2. The van der Waals surface area contributed by atoms with Crippen LogP contribution in [0.15, 0.2) is 30.3 Å². The lowest BCUT2D eigenvalue weighted by Crippen LogP contribution is -2.38. The first kappa shape index (κ1) is 15.2. The van der Waals surface area contributed by atoms with E-state index >= 15 is 0 Å². The van der Waals surface area contributed by atoms with Crippen molar-refractivity contribution >= 4 is 11.8 Å². The van der Waals surface area contributed by atoms with E-state index in [2.05, 4.69) is 5.32 Å². The number of rotatable bonds is 7. The van der Waals surface area contributed by atoms with Crippen molar-refractivity contribution in [1.82, 2.24) is 10.2 Å². The minimum absolute atomic E-state index is 0.0346. The van der Waals surface area contributed by atoms with Crippen molar-refractivity contribution in [2.24, 2.45) is 0 Å². The molecule has 0 radical (unpaired) electrons. The highest BCUT2D eigenvalue weighted by Crippen LogP contribution is 2.02. The topological polar surface area (TPSA) is 69.6 Å². The second-order valence-corrected chi connectivity index (χ2v) is 4.31. The van der Waals surface area contributed by atoms with Gasteiger partial charge in [-0.25, -0.2) is 0 Å². The average Bonchev–Trinajstić information content (AvgIpc) is 2.43. The summed E-state index contributed by atoms with van der Waals surface area (Å²) in [5.41, 5.74) is 0.568. The van der Waals surface area contributed by atoms with Crippen molar-refractivity contribution in [2.45, 2.75) is 12.8 Å². The zero-order valence-corrected chi connectivity index (χ0v) is 11.1. The summed E-state index contributed by atoms with van der Waals surface area (Å²) in [5.74, 6) is -0.365. The Morgan fingerprint density at radius 2 is 1.89 bits per heavy atom. The molecule has 0 heterocycles. The van der Waals surface area contributed by atoms with Crippen molar-refractivity contribution in [3.63, 3.8) is 0 Å². The number of benzene rings is 1. The highest BCUT2D eigenvalue weighted by molar-refractivity contribution is 5.96. The van der Waals surface area contributed by atoms with Crippen LogP contribution in [-0.4, -0.2) is 48.6 Å². The molecule has 5 heteroatoms. The summed E-state index contributed by atoms with van der Waals surface area (Å²) in [7, 11) is 1.60. The maximum absolute atomic E-state index is 12.0. The minimum atomic E-state index is -0.190. The van der Waals surface area contributed by atoms with Crippen LogP contribution in [0.4, 0.5) is 0 Å². The summed E-state index contributed by atoms with van der Waals surface area (Å²) in [6.07, 6.45) is 1.40. The van der Waals surface area contributed by atoms with Gasteiger partial charge < -0.3 is 15.3 Å². The maximum atomic E-state index is 12.0. The Kier molecular flexibility index (Phi) is 6.60. The molecule has 5 nitrogen and oxygen atoms in total. The van der Waals surface area contributed by atoms with Gasteiger partial charge in [-0.3, -0.25) is 9.59 Å². The lowest BCUT2D eigenvalue weighted by molar-refractivity contribution is -0.121. The van der Waals surface area contributed by atoms with E-state index in [1.807, 2.05) is 6.07 Å². The van der Waals surface area contributed by atoms with E-state index in [0.29, 0.717) is 18.5 Å². The number of carbonyl (C=O) groups is 2. The van der Waals surface area contributed by atoms with Crippen LogP contribution in [0.5, 0.6) is 0 Å². The molecule has 0 saturated heterocycles. The second-order valence-electron chi connectivity index (χ2n) is 4.31. The van der Waals surface area contributed by atoms with Crippen LogP contribution >= 0.6 is 0 Å². The summed E-state index contributed by atoms with van der Waals surface area (Å²) in [4.78, 5) is 24.9. The van der Waals surface area contributed by atoms with Crippen LogP contribution < -0.4 is 5.32 Å². The first-order valence-corrected chi connectivity index (χ1v) is 6.33. The van der Waals surface area contributed by atoms with Gasteiger partial charge in [-0.05, 0) is 25.0 Å². The van der Waals surface area contributed by atoms with Gasteiger partial charge in [0.05, 0.1) is 6.54 Å². The fourth-order valence-electron chi connectivity index (χ4n) is 1.61. The molecule has 2 N–H and O–H groups in total. The van der Waals surface area contributed by atoms with E-state index < -0.39 is 0 Å². The van der Waals surface area contributed by atoms with Crippen LogP contribution in [0.25, 0.3) is 0 Å². The molecule has 2 amide bonds. The van der Waals surface area contributed by atoms with Gasteiger partial charge in [-0.2, -0.15) is 0 Å². The predicted octanol–water partition coefficient (Wildman–Crippen LogP) is 0.647. The summed E-state index contributed by atoms with van der Waals surface area (Å²) >= 11 is 0. The van der Waals surface area contributed by atoms with Crippen LogP contribution in [0.1, 0.15) is 23.2 Å². The molecule has 0 spiro atoms. The van der Waals surface area contributed by atoms with Gasteiger partial charge in [-0.15, -0.1) is 0 Å². The SMILES string of the molecule is CN(CC(=O)NCCCCO)C(=O)c1ccccc1. The summed E-state index contributed by atoms with van der Waals surface area (Å²) in [6, 6.07) is 8.85. The third-order valence-corrected chi connectivity index (χ3v) is 2.66. The lowest BCUT2D eigenvalue weighted by Gasteiger charge is -2.16. The normalized spacial score (nSPS) is 10.0. The van der Waals surface area contributed by atoms with Crippen molar-refractivity contribution in [2.75, 3.05) is 26.7 Å². The monoisotopic (exact) mass is 264 g/mol. The molecule has 1 aromatic rings. The molecule has 0 saturated carbocycles. The number of hydrogen-bond acceptors (Lipinski definition) is 3. The Bertz CT molecular complexity index is 406. The summed E-state index contributed by atoms with van der Waals surface area (Å²) in [5, 5.41) is 11.3. The first-order valence-electron chi connectivity index (χ1n) is 6.33. The van der Waals surface area contributed by atoms with Gasteiger partial charge in [0.25, 0.3) is 5.91 Å². The van der Waals surface area contributed by atoms with Crippen molar-refractivity contribution in [3.05, 3.63) is 35.9 Å². The number of unbranched alkanes of at least 4 members (excludes halogenated alkanes) is 1. The molecule has 0 aliphatic rings. The highest BCUT2D eigenvalue weighted by Gasteiger charge is 2.13. The highest BCUT2D eigenvalue weighted by atomic mass is 16.3. The van der Waals surface area contributed by atoms with Gasteiger partial charge in [0, 0.05) is 25.8 Å². The number of aliphatic hydroxyl groups excluding tert-OH is 1. The van der Waals surface area contributed by atoms with E-state index in [1.165, 1.54) is 4.90 Å². The average molecular weight is 264 g/mol. The molecule has 1 aromatic carbocycles. The largest absolute Gasteiger partial charge is 0.396 e. The van der Waals surface area contributed by atoms with Gasteiger partial charge in [0.1, 0.15) is 0 Å². The molecule has 0 bridgehead atoms. The minimum Gasteiger partial charge on any atom is -0.396 e. The third-order valence-electron chi connectivity index (χ3n) is 2.66. The van der Waals surface area contributed by atoms with E-state index in [-0.39, 0.29) is 25.0 Å². The smallest absolute Gasteiger partial charge is 0.254 e. The summed E-state index contributed by atoms with van der Waals surface area (Å²) in [6.45, 7) is 0.682. The Labute approximate surface area is 113 Å². The number of likely N-dealkylation sites (N-methyl/N-ethyl adjacent to an activating group) is 1. The van der Waals surface area contributed by atoms with Crippen molar-refractivity contribution in [3.8, 4) is 0 Å². The zero-order valence-electron chi connectivity index (χ0n) is 11.1. The molecular formula is C14H20N2O3. The third kappa shape index (κ3) is 5.52. The Morgan fingerprint density at radius 1 is 1.21 bits per heavy atom. The molecule has 104 valence electrons. The number of nitrogens with one attached hydrogen (secondary N) is 1. The van der Waals surface area contributed by atoms with Crippen molar-refractivity contribution in [1.29, 1.82) is 0 Å². The van der Waals surface area contributed by atoms with Crippen LogP contribution in [0.2, 0.25) is 0 Å². The lowest BCUT2D eigenvalue weighted by atomic mass is 10.2. The first-order chi connectivity index (χ1) is 9.15. The maximum Gasteiger partial charge on any atom is 0.254 e. The molecule has 1 rings (SSSR count). The molecule has 0 atom stereocenters. The Morgan fingerprint density at radius 3 is 2.53 bits per heavy atom. The van der Waals surface area contributed by atoms with Gasteiger partial charge in [0.15, 0.2) is 0 Å². The Hall–Kier alpha value is -1.88. The molecule has 0 aliphatic heterocycles. The number of hydrogen-bond donors (Lipinski definition) is 2. The van der Waals surface area contributed by atoms with E-state index in [4.69, 9.17) is 5.11 Å². The number of aliphatic hydroxyl groups is 1. The Balaban J connectivity index is 2.36. The van der Waals surface area contributed by atoms with E-state index in [1.54, 1.807) is 31.3 Å². The fourth-order valence-corrected chi connectivity index (χ4v) is 1.61. The van der Waals surface area contributed by atoms with Gasteiger partial charge in [-0.1, -0.05) is 18.2 Å². The van der Waals surface area contributed by atoms with Gasteiger partial charge in [0.2, 0.25) is 5.91 Å². The van der Waals surface area contributed by atoms with Crippen molar-refractivity contribution < 1.29 is 14.7 Å². The van der Waals surface area contributed by atoms with E-state index in [9.17, 15) is 9.59 Å². The van der Waals surface area contributed by atoms with Gasteiger partial charge >= 0.3 is 0 Å². The molecule has 0 aliphatic carbocycles. The predicted molar refractivity (Wildman–Crippen MR) is 72.7 cm³/mol. The standard InChI is InChI=1S/C14H20N2O3/c1-16(11-13(18)15-9-5-6-10-17)14(19)12-7-3-2-4-8-12/h2-4,7-8,17H,5-6,9-11H2,1H3,(H,15,18). The molecular weight excluding hydrogens is 244 g/mol. The molecule has 0 unspecified atom stereocenters. The van der Waals surface area contributed by atoms with E-state index in [0.717, 1.165) is 6.42 Å². The zero-order chi connectivity index (χ0) is 14.1. The quantitative estimate of drug-likeness (QED) is 0.710. The summed E-state index contributed by atoms with van der Waals surface area (Å²) < 4.78 is 0. The van der Waals surface area contributed by atoms with Crippen LogP contribution in [0.3, 0.4) is 0 Å². The van der Waals surface area contributed by atoms with Crippen LogP contribution in [0, 0.1) is 0 Å². The van der Waals surface area contributed by atoms with Crippen LogP contribution in [-0.2, 0) is 4.79 Å².